The Morgan fingerprint density at radius 2 is 0.364 bits per heavy atom. The molecule has 17 aromatic rings. The Morgan fingerprint density at radius 1 is 0.140 bits per heavy atom. The first kappa shape index (κ1) is 68.8. The van der Waals surface area contributed by atoms with Gasteiger partial charge in [-0.25, -0.2) is 0 Å². The first-order valence-electron chi connectivity index (χ1n) is 36.4. The summed E-state index contributed by atoms with van der Waals surface area (Å²) in [5.41, 5.74) is 24.4. The second-order valence-corrected chi connectivity index (χ2v) is 26.3. The van der Waals surface area contributed by atoms with Crippen LogP contribution < -0.4 is 29.4 Å². The lowest BCUT2D eigenvalue weighted by Gasteiger charge is -2.27. The van der Waals surface area contributed by atoms with Gasteiger partial charge < -0.3 is 29.4 Å². The van der Waals surface area contributed by atoms with Crippen molar-refractivity contribution in [2.24, 2.45) is 0 Å². The summed E-state index contributed by atoms with van der Waals surface area (Å²) < 4.78 is 0. The van der Waals surface area contributed by atoms with Crippen LogP contribution in [0.3, 0.4) is 0 Å². The summed E-state index contributed by atoms with van der Waals surface area (Å²) >= 11 is 0. The highest BCUT2D eigenvalue weighted by molar-refractivity contribution is 5.96. The highest BCUT2D eigenvalue weighted by Crippen LogP contribution is 2.42. The Morgan fingerprint density at radius 3 is 0.729 bits per heavy atom. The minimum Gasteiger partial charge on any atom is -0.345 e. The van der Waals surface area contributed by atoms with Gasteiger partial charge in [-0.05, 0) is 225 Å². The largest absolute Gasteiger partial charge is 0.345 e. The van der Waals surface area contributed by atoms with Crippen molar-refractivity contribution in [3.05, 3.63) is 443 Å². The molecule has 6 nitrogen and oxygen atoms in total. The Balaban J connectivity index is 0.000000129. The van der Waals surface area contributed by atoms with Gasteiger partial charge >= 0.3 is 0 Å². The molecule has 0 aliphatic heterocycles. The number of hydrogen-bond donors (Lipinski definition) is 0. The topological polar surface area (TPSA) is 19.4 Å². The summed E-state index contributed by atoms with van der Waals surface area (Å²) in [5.74, 6) is 0. The highest BCUT2D eigenvalue weighted by Gasteiger charge is 2.19. The number of anilines is 15. The van der Waals surface area contributed by atoms with Crippen LogP contribution >= 0.6 is 0 Å². The van der Waals surface area contributed by atoms with Crippen LogP contribution in [0.25, 0.3) is 54.9 Å². The van der Waals surface area contributed by atoms with Gasteiger partial charge in [0, 0.05) is 112 Å². The third kappa shape index (κ3) is 16.1. The molecule has 0 aliphatic rings. The molecule has 0 fully saturated rings. The monoisotopic (exact) mass is 1380 g/mol. The lowest BCUT2D eigenvalue weighted by Crippen LogP contribution is -2.12. The molecule has 0 heterocycles. The average molecular weight is 1380 g/mol. The second kappa shape index (κ2) is 33.0. The van der Waals surface area contributed by atoms with E-state index in [1.807, 2.05) is 12.1 Å². The zero-order valence-electron chi connectivity index (χ0n) is 60.3. The molecule has 0 aliphatic carbocycles. The summed E-state index contributed by atoms with van der Waals surface area (Å²) in [6, 6.07) is 156. The van der Waals surface area contributed by atoms with Crippen molar-refractivity contribution >= 4 is 107 Å². The van der Waals surface area contributed by atoms with Crippen molar-refractivity contribution in [1.29, 1.82) is 0 Å². The maximum absolute atomic E-state index is 2.30. The van der Waals surface area contributed by atoms with Crippen LogP contribution in [0, 0.1) is 0 Å². The van der Waals surface area contributed by atoms with E-state index in [1.54, 1.807) is 0 Å². The summed E-state index contributed by atoms with van der Waals surface area (Å²) in [6.45, 7) is 0. The molecule has 17 rings (SSSR count). The van der Waals surface area contributed by atoms with Gasteiger partial charge in [0.25, 0.3) is 0 Å². The average Bonchev–Trinajstić information content (AvgIpc) is 0.805. The molecule has 0 spiro atoms. The molecule has 0 amide bonds. The molecule has 0 atom stereocenters. The van der Waals surface area contributed by atoms with Gasteiger partial charge in [0.15, 0.2) is 0 Å². The van der Waals surface area contributed by atoms with Crippen molar-refractivity contribution in [3.8, 4) is 33.4 Å². The van der Waals surface area contributed by atoms with E-state index >= 15 is 0 Å². The molecule has 107 heavy (non-hydrogen) atoms. The molecule has 0 radical (unpaired) electrons. The predicted octanol–water partition coefficient (Wildman–Crippen LogP) is 28.1. The molecular formula is C101H82N6. The molecule has 6 heteroatoms. The number of hydrogen-bond acceptors (Lipinski definition) is 6. The van der Waals surface area contributed by atoms with Gasteiger partial charge in [-0.3, -0.25) is 0 Å². The van der Waals surface area contributed by atoms with E-state index in [1.165, 1.54) is 72.0 Å². The van der Waals surface area contributed by atoms with E-state index in [0.29, 0.717) is 0 Å². The molecular weight excluding hydrogens is 1300 g/mol. The van der Waals surface area contributed by atoms with Crippen LogP contribution in [0.2, 0.25) is 0 Å². The Bertz CT molecular complexity index is 5610. The van der Waals surface area contributed by atoms with E-state index in [-0.39, 0.29) is 0 Å². The molecule has 0 aromatic heterocycles. The number of benzene rings is 17. The van der Waals surface area contributed by atoms with Crippen LogP contribution in [0.1, 0.15) is 0 Å². The quantitative estimate of drug-likeness (QED) is 0.0847. The van der Waals surface area contributed by atoms with E-state index in [4.69, 9.17) is 0 Å². The fourth-order valence-electron chi connectivity index (χ4n) is 13.8. The van der Waals surface area contributed by atoms with E-state index in [2.05, 4.69) is 481 Å². The fraction of sp³-hybridized carbons (Fsp3) is 0.0297. The van der Waals surface area contributed by atoms with Crippen LogP contribution in [0.5, 0.6) is 0 Å². The van der Waals surface area contributed by atoms with Gasteiger partial charge in [0.1, 0.15) is 0 Å². The van der Waals surface area contributed by atoms with E-state index in [0.717, 1.165) is 68.2 Å². The van der Waals surface area contributed by atoms with Crippen LogP contribution in [-0.4, -0.2) is 21.1 Å². The zero-order valence-corrected chi connectivity index (χ0v) is 60.3. The highest BCUT2D eigenvalue weighted by atomic mass is 15.2. The second-order valence-electron chi connectivity index (χ2n) is 26.3. The number of fused-ring (bicyclic) bond motifs is 2. The lowest BCUT2D eigenvalue weighted by atomic mass is 10.0. The first-order valence-corrected chi connectivity index (χ1v) is 36.4. The molecule has 0 saturated heterocycles. The minimum absolute atomic E-state index is 1.12. The van der Waals surface area contributed by atoms with Gasteiger partial charge in [-0.2, -0.15) is 0 Å². The minimum atomic E-state index is 1.12. The lowest BCUT2D eigenvalue weighted by molar-refractivity contribution is 1.20. The normalized spacial score (nSPS) is 10.8. The molecule has 17 aromatic carbocycles. The van der Waals surface area contributed by atoms with Gasteiger partial charge in [-0.1, -0.05) is 267 Å². The van der Waals surface area contributed by atoms with E-state index in [9.17, 15) is 0 Å². The molecule has 0 N–H and O–H groups in total. The zero-order chi connectivity index (χ0) is 72.5. The first-order chi connectivity index (χ1) is 52.8. The van der Waals surface area contributed by atoms with Gasteiger partial charge in [0.05, 0.1) is 0 Å². The van der Waals surface area contributed by atoms with Crippen molar-refractivity contribution in [2.45, 2.75) is 0 Å². The smallest absolute Gasteiger partial charge is 0.0487 e. The van der Waals surface area contributed by atoms with Crippen molar-refractivity contribution < 1.29 is 0 Å². The number of para-hydroxylation sites is 4. The third-order valence-corrected chi connectivity index (χ3v) is 19.6. The van der Waals surface area contributed by atoms with Crippen molar-refractivity contribution in [2.75, 3.05) is 50.5 Å². The maximum atomic E-state index is 2.30. The summed E-state index contributed by atoms with van der Waals surface area (Å²) in [6.07, 6.45) is 0. The molecule has 0 saturated carbocycles. The Hall–Kier alpha value is -13.9. The Kier molecular flexibility index (Phi) is 21.2. The van der Waals surface area contributed by atoms with Crippen LogP contribution in [-0.2, 0) is 0 Å². The maximum Gasteiger partial charge on any atom is 0.0487 e. The summed E-state index contributed by atoms with van der Waals surface area (Å²) in [7, 11) is 6.35. The standard InChI is InChI=1S/2C35H28N2.C31H26N2/c1-36(35-18-10-14-29-13-8-9-17-34(29)35)30-23-25-33(26-24-30)37(31-15-6-3-7-16-31)32-21-19-28(20-22-32)27-11-4-2-5-12-27;1-36(35-21-18-28-12-8-9-13-30(28)26-35)31-22-24-34(25-23-31)37(32-14-6-3-7-15-32)33-19-16-29(17-20-33)27-10-4-2-5-11-27;1-32(27-13-7-3-8-14-27)28-21-23-31(24-22-28)33(29-15-9-4-10-16-29)30-19-17-26(18-20-30)25-11-5-2-6-12-25/h2*2-26H,1H3;2-24H,1H3. The van der Waals surface area contributed by atoms with Crippen molar-refractivity contribution in [1.82, 2.24) is 0 Å². The third-order valence-electron chi connectivity index (χ3n) is 19.6. The number of rotatable bonds is 18. The summed E-state index contributed by atoms with van der Waals surface area (Å²) in [4.78, 5) is 13.6. The summed E-state index contributed by atoms with van der Waals surface area (Å²) in [5, 5.41) is 5.00. The fourth-order valence-corrected chi connectivity index (χ4v) is 13.8. The molecule has 516 valence electrons. The Labute approximate surface area is 629 Å². The van der Waals surface area contributed by atoms with Gasteiger partial charge in [0.2, 0.25) is 0 Å². The van der Waals surface area contributed by atoms with Crippen LogP contribution in [0.4, 0.5) is 85.3 Å². The van der Waals surface area contributed by atoms with E-state index < -0.39 is 0 Å². The SMILES string of the molecule is CN(c1ccc(N(c2ccccc2)c2ccc(-c3ccccc3)cc2)cc1)c1ccc2ccccc2c1.CN(c1ccc(N(c2ccccc2)c2ccc(-c3ccccc3)cc2)cc1)c1cccc2ccccc12.CN(c1ccccc1)c1ccc(N(c2ccccc2)c2ccc(-c3ccccc3)cc2)cc1. The van der Waals surface area contributed by atoms with Crippen molar-refractivity contribution in [3.63, 3.8) is 0 Å². The predicted molar refractivity (Wildman–Crippen MR) is 458 cm³/mol. The van der Waals surface area contributed by atoms with Gasteiger partial charge in [-0.15, -0.1) is 0 Å². The molecule has 0 bridgehead atoms. The van der Waals surface area contributed by atoms with Crippen LogP contribution in [0.15, 0.2) is 443 Å². The number of nitrogens with zero attached hydrogens (tertiary/aromatic N) is 6. The molecule has 0 unspecified atom stereocenters.